The largest absolute Gasteiger partial charge is 0.606 e. The fourth-order valence-electron chi connectivity index (χ4n) is 4.10. The summed E-state index contributed by atoms with van der Waals surface area (Å²) in [6.45, 7) is 1.33. The number of nitrogens with zero attached hydrogens (tertiary/aromatic N) is 1. The molecule has 216 valence electrons. The predicted molar refractivity (Wildman–Crippen MR) is 152 cm³/mol. The minimum absolute atomic E-state index is 0.0307. The van der Waals surface area contributed by atoms with Crippen LogP contribution in [0.15, 0.2) is 98.3 Å². The molecule has 4 rings (SSSR count). The number of alkyl halides is 3. The Hall–Kier alpha value is -4.31. The maximum atomic E-state index is 13.6. The highest BCUT2D eigenvalue weighted by atomic mass is 32.2. The Balaban J connectivity index is 1.80. The topological polar surface area (TPSA) is 108 Å². The van der Waals surface area contributed by atoms with Gasteiger partial charge in [0.05, 0.1) is 16.2 Å². The van der Waals surface area contributed by atoms with Crippen molar-refractivity contribution in [1.29, 1.82) is 0 Å². The summed E-state index contributed by atoms with van der Waals surface area (Å²) in [5, 5.41) is 2.57. The van der Waals surface area contributed by atoms with Crippen LogP contribution in [-0.4, -0.2) is 29.7 Å². The second-order valence-corrected chi connectivity index (χ2v) is 12.7. The van der Waals surface area contributed by atoms with Crippen LogP contribution in [0.3, 0.4) is 0 Å². The van der Waals surface area contributed by atoms with E-state index in [0.29, 0.717) is 16.0 Å². The number of rotatable bonds is 7. The summed E-state index contributed by atoms with van der Waals surface area (Å²) < 4.78 is 78.4. The van der Waals surface area contributed by atoms with E-state index in [-0.39, 0.29) is 27.7 Å². The van der Waals surface area contributed by atoms with Gasteiger partial charge in [0.15, 0.2) is 19.6 Å². The van der Waals surface area contributed by atoms with Gasteiger partial charge in [-0.1, -0.05) is 24.1 Å². The molecule has 3 aromatic carbocycles. The summed E-state index contributed by atoms with van der Waals surface area (Å²) in [6.07, 6.45) is 1.75. The monoisotopic (exact) mass is 612 g/mol. The number of sulfone groups is 1. The first-order chi connectivity index (χ1) is 19.7. The number of halogens is 3. The molecule has 1 aromatic heterocycles. The maximum Gasteiger partial charge on any atom is 0.416 e. The first-order valence-corrected chi connectivity index (χ1v) is 15.2. The van der Waals surface area contributed by atoms with E-state index in [1.54, 1.807) is 12.1 Å². The molecule has 42 heavy (non-hydrogen) atoms. The molecule has 7 nitrogen and oxygen atoms in total. The molecule has 0 aliphatic carbocycles. The van der Waals surface area contributed by atoms with E-state index in [9.17, 15) is 35.7 Å². The van der Waals surface area contributed by atoms with Crippen LogP contribution >= 0.6 is 0 Å². The number of aromatic nitrogens is 1. The summed E-state index contributed by atoms with van der Waals surface area (Å²) in [5.41, 5.74) is -1.41. The molecule has 0 fully saturated rings. The van der Waals surface area contributed by atoms with Crippen molar-refractivity contribution in [3.63, 3.8) is 0 Å². The molecule has 1 unspecified atom stereocenters. The molecule has 1 heterocycles. The average Bonchev–Trinajstić information content (AvgIpc) is 2.95. The number of amides is 1. The SMILES string of the molecule is C#Cc1ccc([S+]([O-])c2cc(C(=O)NCc3ccc(S(C)(=O)=O)cc3)c(=O)n(-c3cccc(C(F)(F)F)c3)c2C)cc1. The number of carbonyl (C=O) groups excluding carboxylic acids is 1. The Kier molecular flexibility index (Phi) is 8.68. The minimum Gasteiger partial charge on any atom is -0.606 e. The number of benzene rings is 3. The molecule has 0 aliphatic heterocycles. The van der Waals surface area contributed by atoms with Crippen molar-refractivity contribution in [1.82, 2.24) is 9.88 Å². The van der Waals surface area contributed by atoms with E-state index in [4.69, 9.17) is 6.42 Å². The molecule has 0 spiro atoms. The smallest absolute Gasteiger partial charge is 0.416 e. The zero-order valence-electron chi connectivity index (χ0n) is 22.2. The van der Waals surface area contributed by atoms with E-state index in [0.717, 1.165) is 35.1 Å². The molecule has 4 aromatic rings. The first kappa shape index (κ1) is 30.6. The summed E-state index contributed by atoms with van der Waals surface area (Å²) in [4.78, 5) is 27.3. The molecule has 12 heteroatoms. The molecule has 1 N–H and O–H groups in total. The second kappa shape index (κ2) is 11.9. The first-order valence-electron chi connectivity index (χ1n) is 12.2. The summed E-state index contributed by atoms with van der Waals surface area (Å²) in [6, 6.07) is 17.1. The number of pyridine rings is 1. The van der Waals surface area contributed by atoms with Crippen molar-refractivity contribution in [2.24, 2.45) is 0 Å². The van der Waals surface area contributed by atoms with Crippen molar-refractivity contribution < 1.29 is 30.9 Å². The van der Waals surface area contributed by atoms with Gasteiger partial charge >= 0.3 is 6.18 Å². The van der Waals surface area contributed by atoms with Gasteiger partial charge in [-0.15, -0.1) is 6.42 Å². The zero-order valence-corrected chi connectivity index (χ0v) is 23.9. The Bertz CT molecular complexity index is 1860. The lowest BCUT2D eigenvalue weighted by Gasteiger charge is -2.19. The van der Waals surface area contributed by atoms with Gasteiger partial charge in [-0.3, -0.25) is 14.2 Å². The summed E-state index contributed by atoms with van der Waals surface area (Å²) >= 11 is -1.95. The van der Waals surface area contributed by atoms with Crippen LogP contribution in [-0.2, 0) is 33.7 Å². The van der Waals surface area contributed by atoms with Gasteiger partial charge in [0.1, 0.15) is 5.56 Å². The van der Waals surface area contributed by atoms with E-state index >= 15 is 0 Å². The predicted octanol–water partition coefficient (Wildman–Crippen LogP) is 4.65. The van der Waals surface area contributed by atoms with Gasteiger partial charge < -0.3 is 9.87 Å². The third-order valence-electron chi connectivity index (χ3n) is 6.32. The van der Waals surface area contributed by atoms with Crippen molar-refractivity contribution in [3.05, 3.63) is 117 Å². The lowest BCUT2D eigenvalue weighted by atomic mass is 10.1. The minimum atomic E-state index is -4.69. The van der Waals surface area contributed by atoms with Crippen molar-refractivity contribution in [2.45, 2.75) is 34.3 Å². The Morgan fingerprint density at radius 2 is 1.69 bits per heavy atom. The fourth-order valence-corrected chi connectivity index (χ4v) is 5.95. The van der Waals surface area contributed by atoms with Crippen molar-refractivity contribution >= 4 is 26.9 Å². The van der Waals surface area contributed by atoms with Crippen LogP contribution in [0.2, 0.25) is 0 Å². The standard InChI is InChI=1S/C30H23F3N2O5S2/c1-4-20-8-12-24(13-9-20)41(38)27-17-26(28(36)34-18-21-10-14-25(15-11-21)42(3,39)40)29(37)35(19(27)2)23-7-5-6-22(16-23)30(31,32)33/h1,5-17H,18H2,2-3H3,(H,34,36). The lowest BCUT2D eigenvalue weighted by molar-refractivity contribution is -0.137. The number of carbonyl (C=O) groups is 1. The molecule has 0 bridgehead atoms. The van der Waals surface area contributed by atoms with Crippen molar-refractivity contribution in [2.75, 3.05) is 6.26 Å². The van der Waals surface area contributed by atoms with E-state index < -0.39 is 49.8 Å². The summed E-state index contributed by atoms with van der Waals surface area (Å²) in [7, 11) is -3.43. The summed E-state index contributed by atoms with van der Waals surface area (Å²) in [5.74, 6) is 1.58. The van der Waals surface area contributed by atoms with Gasteiger partial charge in [0.25, 0.3) is 11.5 Å². The van der Waals surface area contributed by atoms with Crippen molar-refractivity contribution in [3.8, 4) is 18.0 Å². The second-order valence-electron chi connectivity index (χ2n) is 9.23. The van der Waals surface area contributed by atoms with Gasteiger partial charge in [0.2, 0.25) is 0 Å². The molecule has 0 saturated carbocycles. The molecular weight excluding hydrogens is 589 g/mol. The number of hydrogen-bond acceptors (Lipinski definition) is 5. The molecule has 0 aliphatic rings. The molecular formula is C30H23F3N2O5S2. The highest BCUT2D eigenvalue weighted by Gasteiger charge is 2.32. The highest BCUT2D eigenvalue weighted by molar-refractivity contribution is 7.91. The zero-order chi connectivity index (χ0) is 30.8. The van der Waals surface area contributed by atoms with E-state index in [1.807, 2.05) is 0 Å². The number of hydrogen-bond donors (Lipinski definition) is 1. The van der Waals surface area contributed by atoms with Crippen LogP contribution in [0.1, 0.15) is 32.7 Å². The van der Waals surface area contributed by atoms with Gasteiger partial charge in [-0.2, -0.15) is 13.2 Å². The molecule has 0 radical (unpaired) electrons. The Labute approximate surface area is 243 Å². The van der Waals surface area contributed by atoms with E-state index in [2.05, 4.69) is 11.2 Å². The third kappa shape index (κ3) is 6.60. The van der Waals surface area contributed by atoms with Crippen LogP contribution < -0.4 is 10.9 Å². The quantitative estimate of drug-likeness (QED) is 0.242. The van der Waals surface area contributed by atoms with Gasteiger partial charge in [0, 0.05) is 41.3 Å². The third-order valence-corrected chi connectivity index (χ3v) is 8.96. The van der Waals surface area contributed by atoms with Crippen LogP contribution in [0.25, 0.3) is 5.69 Å². The maximum absolute atomic E-state index is 13.6. The van der Waals surface area contributed by atoms with Crippen LogP contribution in [0.4, 0.5) is 13.2 Å². The fraction of sp³-hybridized carbons (Fsp3) is 0.133. The molecule has 1 atom stereocenters. The van der Waals surface area contributed by atoms with Gasteiger partial charge in [-0.25, -0.2) is 8.42 Å². The normalized spacial score (nSPS) is 12.4. The van der Waals surface area contributed by atoms with Crippen LogP contribution in [0.5, 0.6) is 0 Å². The van der Waals surface area contributed by atoms with Gasteiger partial charge in [-0.05, 0) is 67.1 Å². The number of terminal acetylenes is 1. The lowest BCUT2D eigenvalue weighted by Crippen LogP contribution is -2.34. The Morgan fingerprint density at radius 1 is 1.05 bits per heavy atom. The average molecular weight is 613 g/mol. The number of nitrogens with one attached hydrogen (secondary N) is 1. The Morgan fingerprint density at radius 3 is 2.26 bits per heavy atom. The van der Waals surface area contributed by atoms with E-state index in [1.165, 1.54) is 49.4 Å². The molecule has 0 saturated heterocycles. The highest BCUT2D eigenvalue weighted by Crippen LogP contribution is 2.31. The molecule has 1 amide bonds. The van der Waals surface area contributed by atoms with Crippen LogP contribution in [0, 0.1) is 19.3 Å².